The molecule has 0 radical (unpaired) electrons. The van der Waals surface area contributed by atoms with Gasteiger partial charge in [-0.3, -0.25) is 9.98 Å². The molecule has 0 aliphatic carbocycles. The molecule has 0 unspecified atom stereocenters. The van der Waals surface area contributed by atoms with Crippen LogP contribution in [0.5, 0.6) is 0 Å². The first-order valence-electron chi connectivity index (χ1n) is 13.7. The van der Waals surface area contributed by atoms with Gasteiger partial charge in [-0.25, -0.2) is 0 Å². The Kier molecular flexibility index (Phi) is 6.40. The second-order valence-corrected chi connectivity index (χ2v) is 10.4. The van der Waals surface area contributed by atoms with Crippen molar-refractivity contribution in [2.75, 3.05) is 0 Å². The Balaban J connectivity index is 1.77. The lowest BCUT2D eigenvalue weighted by molar-refractivity contribution is 1.01. The summed E-state index contributed by atoms with van der Waals surface area (Å²) in [5.41, 5.74) is 20.4. The Labute approximate surface area is 216 Å². The van der Waals surface area contributed by atoms with Crippen LogP contribution < -0.4 is 0 Å². The normalized spacial score (nSPS) is 20.4. The summed E-state index contributed by atoms with van der Waals surface area (Å²) >= 11 is 0. The molecule has 0 saturated carbocycles. The third kappa shape index (κ3) is 3.82. The van der Waals surface area contributed by atoms with Crippen molar-refractivity contribution >= 4 is 23.6 Å². The van der Waals surface area contributed by atoms with E-state index >= 15 is 0 Å². The van der Waals surface area contributed by atoms with Gasteiger partial charge < -0.3 is 9.97 Å². The molecular formula is C32H40N4. The molecule has 188 valence electrons. The minimum absolute atomic E-state index is 0.782. The lowest BCUT2D eigenvalue weighted by atomic mass is 9.96. The SMILES string of the molecule is CCC1=C(C)C2=N/C1=C\c1[nH]c(c(C)c1CC)Cc1[nH]c(c(CC)c1C)/C=C1\N=C(C2)C(C)=C1CC. The minimum atomic E-state index is 0.782. The number of hydrogen-bond acceptors (Lipinski definition) is 2. The van der Waals surface area contributed by atoms with E-state index in [0.29, 0.717) is 0 Å². The van der Waals surface area contributed by atoms with Gasteiger partial charge in [0.05, 0.1) is 22.8 Å². The van der Waals surface area contributed by atoms with Crippen molar-refractivity contribution in [1.29, 1.82) is 0 Å². The maximum Gasteiger partial charge on any atom is 0.0689 e. The summed E-state index contributed by atoms with van der Waals surface area (Å²) in [5.74, 6) is 0. The van der Waals surface area contributed by atoms with Gasteiger partial charge in [0, 0.05) is 35.6 Å². The van der Waals surface area contributed by atoms with Crippen molar-refractivity contribution in [3.8, 4) is 0 Å². The highest BCUT2D eigenvalue weighted by Crippen LogP contribution is 2.37. The molecule has 2 N–H and O–H groups in total. The number of rotatable bonds is 4. The largest absolute Gasteiger partial charge is 0.358 e. The Morgan fingerprint density at radius 1 is 0.611 bits per heavy atom. The average molecular weight is 481 g/mol. The van der Waals surface area contributed by atoms with Gasteiger partial charge in [0.1, 0.15) is 0 Å². The minimum Gasteiger partial charge on any atom is -0.358 e. The lowest BCUT2D eigenvalue weighted by Crippen LogP contribution is -2.08. The number of nitrogens with one attached hydrogen (secondary N) is 2. The van der Waals surface area contributed by atoms with E-state index in [0.717, 1.165) is 61.3 Å². The summed E-state index contributed by atoms with van der Waals surface area (Å²) in [6.45, 7) is 18.0. The second-order valence-electron chi connectivity index (χ2n) is 10.4. The molecule has 4 nitrogen and oxygen atoms in total. The standard InChI is InChI=1S/C32H40N4/c1-9-21-17(5)25-13-26-19(7)23(11-3)31(35-26)16-32-24(12-4)20(8)28(36-32)14-27-18(6)22(10-2)30(34-27)15-29(21)33-25/h15-16,33,35H,9-14H2,1-8H3/b30-15-,32-16-. The molecule has 0 spiro atoms. The Morgan fingerprint density at radius 3 is 1.39 bits per heavy atom. The second kappa shape index (κ2) is 9.38. The number of allylic oxidation sites excluding steroid dienone is 4. The smallest absolute Gasteiger partial charge is 0.0689 e. The Bertz CT molecular complexity index is 1330. The molecule has 5 heterocycles. The number of hydrogen-bond donors (Lipinski definition) is 2. The molecule has 0 saturated heterocycles. The fourth-order valence-corrected chi connectivity index (χ4v) is 6.35. The number of H-pyrrole nitrogens is 2. The van der Waals surface area contributed by atoms with Crippen LogP contribution in [0.25, 0.3) is 12.2 Å². The maximum absolute atomic E-state index is 5.20. The van der Waals surface area contributed by atoms with Gasteiger partial charge in [-0.05, 0) is 110 Å². The molecule has 0 atom stereocenters. The van der Waals surface area contributed by atoms with Crippen LogP contribution in [0.1, 0.15) is 106 Å². The topological polar surface area (TPSA) is 56.3 Å². The van der Waals surface area contributed by atoms with Crippen molar-refractivity contribution in [3.05, 3.63) is 78.7 Å². The van der Waals surface area contributed by atoms with Crippen molar-refractivity contribution in [2.24, 2.45) is 9.98 Å². The number of fused-ring (bicyclic) bond motifs is 6. The Hall–Kier alpha value is -3.14. The maximum atomic E-state index is 5.20. The van der Waals surface area contributed by atoms with E-state index in [9.17, 15) is 0 Å². The first-order valence-corrected chi connectivity index (χ1v) is 13.7. The first-order chi connectivity index (χ1) is 17.3. The molecule has 8 bridgehead atoms. The zero-order chi connectivity index (χ0) is 25.7. The molecule has 2 aromatic heterocycles. The van der Waals surface area contributed by atoms with Gasteiger partial charge in [0.25, 0.3) is 0 Å². The molecule has 0 amide bonds. The van der Waals surface area contributed by atoms with Crippen LogP contribution in [0, 0.1) is 13.8 Å². The first kappa shape index (κ1) is 24.5. The molecule has 36 heavy (non-hydrogen) atoms. The molecule has 3 aliphatic rings. The van der Waals surface area contributed by atoms with Gasteiger partial charge in [0.2, 0.25) is 0 Å². The van der Waals surface area contributed by atoms with Gasteiger partial charge in [-0.2, -0.15) is 0 Å². The highest BCUT2D eigenvalue weighted by molar-refractivity contribution is 6.21. The fourth-order valence-electron chi connectivity index (χ4n) is 6.35. The van der Waals surface area contributed by atoms with E-state index in [2.05, 4.69) is 77.5 Å². The van der Waals surface area contributed by atoms with E-state index in [1.54, 1.807) is 0 Å². The van der Waals surface area contributed by atoms with E-state index in [4.69, 9.17) is 9.98 Å². The summed E-state index contributed by atoms with van der Waals surface area (Å²) in [6, 6.07) is 0. The third-order valence-electron chi connectivity index (χ3n) is 8.60. The van der Waals surface area contributed by atoms with Gasteiger partial charge >= 0.3 is 0 Å². The van der Waals surface area contributed by atoms with Crippen molar-refractivity contribution < 1.29 is 0 Å². The molecule has 3 aliphatic heterocycles. The van der Waals surface area contributed by atoms with Crippen LogP contribution in [-0.2, 0) is 19.3 Å². The number of nitrogens with zero attached hydrogens (tertiary/aromatic N) is 2. The van der Waals surface area contributed by atoms with E-state index in [1.165, 1.54) is 67.3 Å². The predicted molar refractivity (Wildman–Crippen MR) is 154 cm³/mol. The molecular weight excluding hydrogens is 440 g/mol. The van der Waals surface area contributed by atoms with E-state index in [1.807, 2.05) is 0 Å². The lowest BCUT2D eigenvalue weighted by Gasteiger charge is -2.05. The van der Waals surface area contributed by atoms with Crippen molar-refractivity contribution in [3.63, 3.8) is 0 Å². The molecule has 4 heteroatoms. The molecule has 0 aromatic carbocycles. The number of aromatic amines is 2. The quantitative estimate of drug-likeness (QED) is 0.444. The van der Waals surface area contributed by atoms with Crippen LogP contribution in [0.4, 0.5) is 0 Å². The van der Waals surface area contributed by atoms with Crippen LogP contribution in [0.15, 0.2) is 43.7 Å². The van der Waals surface area contributed by atoms with Crippen LogP contribution >= 0.6 is 0 Å². The average Bonchev–Trinajstić information content (AvgIpc) is 3.51. The van der Waals surface area contributed by atoms with Crippen LogP contribution in [0.3, 0.4) is 0 Å². The van der Waals surface area contributed by atoms with E-state index in [-0.39, 0.29) is 0 Å². The van der Waals surface area contributed by atoms with Crippen molar-refractivity contribution in [2.45, 2.75) is 93.9 Å². The summed E-state index contributed by atoms with van der Waals surface area (Å²) in [4.78, 5) is 18.0. The number of aromatic nitrogens is 2. The Morgan fingerprint density at radius 2 is 1.03 bits per heavy atom. The van der Waals surface area contributed by atoms with Gasteiger partial charge in [0.15, 0.2) is 0 Å². The zero-order valence-corrected chi connectivity index (χ0v) is 23.3. The summed E-state index contributed by atoms with van der Waals surface area (Å²) in [5, 5.41) is 0. The summed E-state index contributed by atoms with van der Waals surface area (Å²) < 4.78 is 0. The van der Waals surface area contributed by atoms with E-state index < -0.39 is 0 Å². The molecule has 5 rings (SSSR count). The molecule has 2 aromatic rings. The van der Waals surface area contributed by atoms with Crippen LogP contribution in [0.2, 0.25) is 0 Å². The van der Waals surface area contributed by atoms with Crippen molar-refractivity contribution in [1.82, 2.24) is 9.97 Å². The predicted octanol–water partition coefficient (Wildman–Crippen LogP) is 8.12. The fraction of sp³-hybridized carbons (Fsp3) is 0.438. The van der Waals surface area contributed by atoms with Crippen LogP contribution in [-0.4, -0.2) is 21.4 Å². The summed E-state index contributed by atoms with van der Waals surface area (Å²) in [7, 11) is 0. The summed E-state index contributed by atoms with van der Waals surface area (Å²) in [6.07, 6.45) is 10.2. The third-order valence-corrected chi connectivity index (χ3v) is 8.60. The monoisotopic (exact) mass is 480 g/mol. The van der Waals surface area contributed by atoms with Gasteiger partial charge in [-0.15, -0.1) is 0 Å². The number of aliphatic imine (C=N–C) groups is 2. The zero-order valence-electron chi connectivity index (χ0n) is 23.3. The molecule has 0 fully saturated rings. The van der Waals surface area contributed by atoms with Gasteiger partial charge in [-0.1, -0.05) is 27.7 Å². The highest BCUT2D eigenvalue weighted by atomic mass is 14.9. The highest BCUT2D eigenvalue weighted by Gasteiger charge is 2.27.